The van der Waals surface area contributed by atoms with Crippen LogP contribution < -0.4 is 9.46 Å². The van der Waals surface area contributed by atoms with Crippen molar-refractivity contribution >= 4 is 11.9 Å². The SMILES string of the molecule is CC.COc1ccc(CNSCCc2ncc(F)cn2)cc1. The predicted octanol–water partition coefficient (Wildman–Crippen LogP) is 3.63. The Labute approximate surface area is 135 Å². The van der Waals surface area contributed by atoms with Gasteiger partial charge in [-0.1, -0.05) is 37.9 Å². The van der Waals surface area contributed by atoms with Crippen molar-refractivity contribution in [3.63, 3.8) is 0 Å². The highest BCUT2D eigenvalue weighted by molar-refractivity contribution is 7.97. The second kappa shape index (κ2) is 11.0. The van der Waals surface area contributed by atoms with Crippen LogP contribution in [0.5, 0.6) is 5.75 Å². The fourth-order valence-corrected chi connectivity index (χ4v) is 2.26. The number of aryl methyl sites for hydroxylation is 1. The molecule has 0 spiro atoms. The van der Waals surface area contributed by atoms with E-state index in [0.717, 1.165) is 18.0 Å². The highest BCUT2D eigenvalue weighted by Gasteiger charge is 1.98. The summed E-state index contributed by atoms with van der Waals surface area (Å²) in [6, 6.07) is 7.92. The van der Waals surface area contributed by atoms with Gasteiger partial charge in [-0.25, -0.2) is 14.4 Å². The molecule has 1 aromatic heterocycles. The van der Waals surface area contributed by atoms with Gasteiger partial charge in [0.15, 0.2) is 5.82 Å². The first kappa shape index (κ1) is 18.4. The maximum absolute atomic E-state index is 12.6. The standard InChI is InChI=1S/C14H16FN3OS.C2H6/c1-19-13-4-2-11(3-5-13)8-18-20-7-6-14-16-9-12(15)10-17-14;1-2/h2-5,9-10,18H,6-8H2,1H3;1-2H3. The number of benzene rings is 1. The highest BCUT2D eigenvalue weighted by Crippen LogP contribution is 2.11. The number of halogens is 1. The lowest BCUT2D eigenvalue weighted by Crippen LogP contribution is -2.06. The molecule has 2 aromatic rings. The third-order valence-corrected chi connectivity index (χ3v) is 3.40. The molecule has 1 aromatic carbocycles. The van der Waals surface area contributed by atoms with Gasteiger partial charge < -0.3 is 4.74 Å². The third kappa shape index (κ3) is 6.87. The van der Waals surface area contributed by atoms with E-state index >= 15 is 0 Å². The normalized spacial score (nSPS) is 9.82. The number of nitrogens with one attached hydrogen (secondary N) is 1. The van der Waals surface area contributed by atoms with Crippen LogP contribution in [0.3, 0.4) is 0 Å². The Morgan fingerprint density at radius 3 is 2.36 bits per heavy atom. The summed E-state index contributed by atoms with van der Waals surface area (Å²) >= 11 is 1.60. The van der Waals surface area contributed by atoms with Crippen molar-refractivity contribution in [3.05, 3.63) is 53.9 Å². The minimum absolute atomic E-state index is 0.404. The summed E-state index contributed by atoms with van der Waals surface area (Å²) in [5.74, 6) is 1.95. The molecule has 4 nitrogen and oxygen atoms in total. The zero-order chi connectivity index (χ0) is 16.2. The molecule has 0 aliphatic rings. The molecule has 0 fully saturated rings. The Balaban J connectivity index is 0.00000116. The quantitative estimate of drug-likeness (QED) is 0.623. The summed E-state index contributed by atoms with van der Waals surface area (Å²) in [5.41, 5.74) is 1.19. The third-order valence-electron chi connectivity index (χ3n) is 2.64. The van der Waals surface area contributed by atoms with Crippen molar-refractivity contribution in [1.29, 1.82) is 0 Å². The lowest BCUT2D eigenvalue weighted by Gasteiger charge is -2.05. The van der Waals surface area contributed by atoms with Crippen LogP contribution in [0, 0.1) is 5.82 Å². The van der Waals surface area contributed by atoms with Crippen LogP contribution in [0.25, 0.3) is 0 Å². The van der Waals surface area contributed by atoms with Gasteiger partial charge in [0, 0.05) is 18.7 Å². The van der Waals surface area contributed by atoms with E-state index in [1.807, 2.05) is 38.1 Å². The van der Waals surface area contributed by atoms with Crippen LogP contribution in [-0.4, -0.2) is 22.8 Å². The van der Waals surface area contributed by atoms with Crippen LogP contribution >= 0.6 is 11.9 Å². The molecule has 0 aliphatic carbocycles. The van der Waals surface area contributed by atoms with Gasteiger partial charge in [0.05, 0.1) is 19.5 Å². The lowest BCUT2D eigenvalue weighted by molar-refractivity contribution is 0.414. The Bertz CT molecular complexity index is 520. The van der Waals surface area contributed by atoms with Gasteiger partial charge in [-0.3, -0.25) is 4.72 Å². The maximum Gasteiger partial charge on any atom is 0.159 e. The molecule has 6 heteroatoms. The van der Waals surface area contributed by atoms with Crippen molar-refractivity contribution < 1.29 is 9.13 Å². The largest absolute Gasteiger partial charge is 0.497 e. The fraction of sp³-hybridized carbons (Fsp3) is 0.375. The molecule has 0 bridgehead atoms. The van der Waals surface area contributed by atoms with Crippen LogP contribution in [0.2, 0.25) is 0 Å². The topological polar surface area (TPSA) is 47.0 Å². The summed E-state index contributed by atoms with van der Waals surface area (Å²) in [6.07, 6.45) is 3.09. The van der Waals surface area contributed by atoms with Gasteiger partial charge >= 0.3 is 0 Å². The molecule has 1 heterocycles. The van der Waals surface area contributed by atoms with E-state index in [-0.39, 0.29) is 0 Å². The molecule has 22 heavy (non-hydrogen) atoms. The number of rotatable bonds is 7. The molecule has 0 radical (unpaired) electrons. The first-order chi connectivity index (χ1) is 10.8. The van der Waals surface area contributed by atoms with E-state index in [1.54, 1.807) is 19.1 Å². The van der Waals surface area contributed by atoms with Crippen molar-refractivity contribution in [2.45, 2.75) is 26.8 Å². The average molecular weight is 323 g/mol. The number of methoxy groups -OCH3 is 1. The Hall–Kier alpha value is -1.66. The van der Waals surface area contributed by atoms with Gasteiger partial charge in [0.2, 0.25) is 0 Å². The van der Waals surface area contributed by atoms with E-state index in [4.69, 9.17) is 4.74 Å². The van der Waals surface area contributed by atoms with E-state index in [0.29, 0.717) is 12.2 Å². The Kier molecular flexibility index (Phi) is 9.18. The summed E-state index contributed by atoms with van der Waals surface area (Å²) < 4.78 is 21.0. The molecule has 0 atom stereocenters. The van der Waals surface area contributed by atoms with Gasteiger partial charge in [0.1, 0.15) is 11.6 Å². The van der Waals surface area contributed by atoms with E-state index < -0.39 is 5.82 Å². The van der Waals surface area contributed by atoms with Gasteiger partial charge in [-0.2, -0.15) is 0 Å². The lowest BCUT2D eigenvalue weighted by atomic mass is 10.2. The minimum Gasteiger partial charge on any atom is -0.497 e. The van der Waals surface area contributed by atoms with Gasteiger partial charge in [-0.15, -0.1) is 0 Å². The molecule has 1 N–H and O–H groups in total. The fourth-order valence-electron chi connectivity index (χ4n) is 1.56. The van der Waals surface area contributed by atoms with Crippen molar-refractivity contribution in [3.8, 4) is 5.75 Å². The Morgan fingerprint density at radius 2 is 1.77 bits per heavy atom. The van der Waals surface area contributed by atoms with E-state index in [2.05, 4.69) is 14.7 Å². The van der Waals surface area contributed by atoms with Gasteiger partial charge in [0.25, 0.3) is 0 Å². The summed E-state index contributed by atoms with van der Waals surface area (Å²) in [5, 5.41) is 0. The summed E-state index contributed by atoms with van der Waals surface area (Å²) in [4.78, 5) is 7.82. The average Bonchev–Trinajstić information content (AvgIpc) is 2.58. The van der Waals surface area contributed by atoms with Crippen LogP contribution in [-0.2, 0) is 13.0 Å². The summed E-state index contributed by atoms with van der Waals surface area (Å²) in [7, 11) is 1.65. The van der Waals surface area contributed by atoms with Crippen LogP contribution in [0.4, 0.5) is 4.39 Å². The molecule has 0 aliphatic heterocycles. The van der Waals surface area contributed by atoms with Gasteiger partial charge in [-0.05, 0) is 17.7 Å². The molecule has 0 saturated heterocycles. The maximum atomic E-state index is 12.6. The highest BCUT2D eigenvalue weighted by atomic mass is 32.2. The number of ether oxygens (including phenoxy) is 1. The molecule has 0 amide bonds. The number of hydrogen-bond acceptors (Lipinski definition) is 5. The Morgan fingerprint density at radius 1 is 1.14 bits per heavy atom. The van der Waals surface area contributed by atoms with Crippen molar-refractivity contribution in [2.24, 2.45) is 0 Å². The molecule has 120 valence electrons. The van der Waals surface area contributed by atoms with Crippen LogP contribution in [0.15, 0.2) is 36.7 Å². The molecule has 2 rings (SSSR count). The molecular weight excluding hydrogens is 301 g/mol. The predicted molar refractivity (Wildman–Crippen MR) is 89.3 cm³/mol. The zero-order valence-electron chi connectivity index (χ0n) is 13.2. The van der Waals surface area contributed by atoms with E-state index in [9.17, 15) is 4.39 Å². The molecule has 0 saturated carbocycles. The van der Waals surface area contributed by atoms with Crippen molar-refractivity contribution in [1.82, 2.24) is 14.7 Å². The van der Waals surface area contributed by atoms with Crippen molar-refractivity contribution in [2.75, 3.05) is 12.9 Å². The minimum atomic E-state index is -0.404. The molecular formula is C16H22FN3OS. The molecule has 0 unspecified atom stereocenters. The monoisotopic (exact) mass is 323 g/mol. The number of aromatic nitrogens is 2. The van der Waals surface area contributed by atoms with Crippen LogP contribution in [0.1, 0.15) is 25.2 Å². The first-order valence-corrected chi connectivity index (χ1v) is 8.20. The summed E-state index contributed by atoms with van der Waals surface area (Å²) in [6.45, 7) is 4.78. The second-order valence-electron chi connectivity index (χ2n) is 4.09. The zero-order valence-corrected chi connectivity index (χ0v) is 14.0. The first-order valence-electron chi connectivity index (χ1n) is 7.22. The van der Waals surface area contributed by atoms with E-state index in [1.165, 1.54) is 18.0 Å². The number of nitrogens with zero attached hydrogens (tertiary/aromatic N) is 2. The number of hydrogen-bond donors (Lipinski definition) is 1. The smallest absolute Gasteiger partial charge is 0.159 e. The second-order valence-corrected chi connectivity index (χ2v) is 5.07.